The van der Waals surface area contributed by atoms with Crippen molar-refractivity contribution in [3.05, 3.63) is 70.2 Å². The van der Waals surface area contributed by atoms with Crippen LogP contribution in [0.4, 0.5) is 13.2 Å². The molecule has 6 fully saturated rings. The Labute approximate surface area is 634 Å². The SMILES string of the molecule is CC[C@H](C)[C@@H]1NC(=O)[C@H](CC(C)C)N(C)C(=O)C[C@@H](C(=O)N2CCCCC2)N(C)C(=O)[C@H](C2CCCCC2)N(C)C(=O)CCCCNC(=O)[C@@H]2C[C@H](c3ccccc3)CN2C(=O)[C@H](CCc2ccc(C(F)(F)F)c(Cl)c2)NC(=O)CN(C)C(=O)[C@H](CC2CCCCC2)N(C)C(=O)[C@@H]2CCN2C(=O)CN(C)C1=O. The lowest BCUT2D eigenvalue weighted by molar-refractivity contribution is -0.158. The number of amides is 12. The third-order valence-electron chi connectivity index (χ3n) is 23.4. The van der Waals surface area contributed by atoms with Gasteiger partial charge in [0.2, 0.25) is 70.9 Å². The predicted octanol–water partition coefficient (Wildman–Crippen LogP) is 7.82. The summed E-state index contributed by atoms with van der Waals surface area (Å²) in [4.78, 5) is 191. The van der Waals surface area contributed by atoms with Crippen molar-refractivity contribution in [3.8, 4) is 0 Å². The van der Waals surface area contributed by atoms with Gasteiger partial charge in [-0.25, -0.2) is 0 Å². The fourth-order valence-corrected chi connectivity index (χ4v) is 16.8. The van der Waals surface area contributed by atoms with Crippen LogP contribution in [0.3, 0.4) is 0 Å². The Morgan fingerprint density at radius 1 is 0.607 bits per heavy atom. The topological polar surface area (TPSA) is 270 Å². The summed E-state index contributed by atoms with van der Waals surface area (Å²) < 4.78 is 41.8. The molecular formula is C79H116ClF3N12O12. The number of likely N-dealkylation sites (N-methyl/N-ethyl adjacent to an activating group) is 6. The number of carbonyl (C=O) groups is 12. The average Bonchev–Trinajstić information content (AvgIpc) is 1.62. The lowest BCUT2D eigenvalue weighted by Crippen LogP contribution is -2.63. The maximum absolute atomic E-state index is 15.5. The molecule has 3 N–H and O–H groups in total. The molecule has 24 nitrogen and oxygen atoms in total. The highest BCUT2D eigenvalue weighted by Crippen LogP contribution is 2.38. The van der Waals surface area contributed by atoms with Crippen molar-refractivity contribution < 1.29 is 70.7 Å². The van der Waals surface area contributed by atoms with Crippen LogP contribution in [0.15, 0.2) is 48.5 Å². The first-order valence-corrected chi connectivity index (χ1v) is 39.4. The number of fused-ring (bicyclic) bond motifs is 2. The first kappa shape index (κ1) is 84.8. The van der Waals surface area contributed by atoms with E-state index in [2.05, 4.69) is 16.0 Å². The summed E-state index contributed by atoms with van der Waals surface area (Å²) in [5.74, 6) is -8.10. The van der Waals surface area contributed by atoms with Crippen LogP contribution in [0, 0.1) is 23.7 Å². The summed E-state index contributed by atoms with van der Waals surface area (Å²) >= 11 is 6.20. The molecule has 4 saturated heterocycles. The molecular weight excluding hydrogens is 1400 g/mol. The number of nitrogens with zero attached hydrogens (tertiary/aromatic N) is 9. The summed E-state index contributed by atoms with van der Waals surface area (Å²) in [6.07, 6.45) is 6.74. The van der Waals surface area contributed by atoms with E-state index in [-0.39, 0.29) is 101 Å². The number of rotatable bonds is 12. The molecule has 0 radical (unpaired) electrons. The number of likely N-dealkylation sites (tertiary alicyclic amines) is 1. The molecule has 107 heavy (non-hydrogen) atoms. The Kier molecular flexibility index (Phi) is 30.9. The van der Waals surface area contributed by atoms with E-state index in [4.69, 9.17) is 11.6 Å². The van der Waals surface area contributed by atoms with E-state index in [0.29, 0.717) is 57.2 Å². The second-order valence-electron chi connectivity index (χ2n) is 31.5. The molecule has 2 aliphatic carbocycles. The highest BCUT2D eigenvalue weighted by Gasteiger charge is 2.48. The first-order valence-electron chi connectivity index (χ1n) is 39.0. The second-order valence-corrected chi connectivity index (χ2v) is 31.9. The Morgan fingerprint density at radius 3 is 1.87 bits per heavy atom. The highest BCUT2D eigenvalue weighted by atomic mass is 35.5. The molecule has 28 heteroatoms. The van der Waals surface area contributed by atoms with Gasteiger partial charge in [0.25, 0.3) is 0 Å². The van der Waals surface area contributed by atoms with Crippen molar-refractivity contribution >= 4 is 82.5 Å². The summed E-state index contributed by atoms with van der Waals surface area (Å²) in [5, 5.41) is 8.18. The Hall–Kier alpha value is -7.84. The van der Waals surface area contributed by atoms with E-state index in [1.54, 1.807) is 18.9 Å². The average molecular weight is 1520 g/mol. The van der Waals surface area contributed by atoms with Crippen LogP contribution in [-0.4, -0.2) is 251 Å². The van der Waals surface area contributed by atoms with E-state index < -0.39 is 156 Å². The van der Waals surface area contributed by atoms with Crippen molar-refractivity contribution in [2.45, 2.75) is 242 Å². The van der Waals surface area contributed by atoms with Crippen LogP contribution in [-0.2, 0) is 70.1 Å². The van der Waals surface area contributed by atoms with Gasteiger partial charge in [-0.2, -0.15) is 13.2 Å². The maximum atomic E-state index is 15.5. The predicted molar refractivity (Wildman–Crippen MR) is 398 cm³/mol. The number of benzene rings is 2. The number of alkyl halides is 3. The summed E-state index contributed by atoms with van der Waals surface area (Å²) in [5.41, 5.74) is 0.0967. The molecule has 4 aliphatic heterocycles. The van der Waals surface area contributed by atoms with Gasteiger partial charge < -0.3 is 60.0 Å². The monoisotopic (exact) mass is 1520 g/mol. The zero-order valence-electron chi connectivity index (χ0n) is 64.5. The van der Waals surface area contributed by atoms with E-state index in [9.17, 15) is 51.5 Å². The largest absolute Gasteiger partial charge is 0.417 e. The minimum absolute atomic E-state index is 0.0244. The number of halogens is 4. The fourth-order valence-electron chi connectivity index (χ4n) is 16.5. The van der Waals surface area contributed by atoms with Crippen LogP contribution in [0.1, 0.15) is 198 Å². The van der Waals surface area contributed by atoms with Crippen LogP contribution < -0.4 is 16.0 Å². The van der Waals surface area contributed by atoms with Crippen LogP contribution in [0.2, 0.25) is 5.02 Å². The van der Waals surface area contributed by atoms with Crippen molar-refractivity contribution in [2.24, 2.45) is 23.7 Å². The van der Waals surface area contributed by atoms with Crippen molar-refractivity contribution in [3.63, 3.8) is 0 Å². The number of nitrogens with one attached hydrogen (secondary N) is 3. The smallest absolute Gasteiger partial charge is 0.354 e. The zero-order valence-corrected chi connectivity index (χ0v) is 65.2. The maximum Gasteiger partial charge on any atom is 0.417 e. The standard InChI is InChI=1S/C79H116ClF3N12O12/c1-11-51(4)69-77(106)88(6)49-68(99)94-41-37-60(94)75(104)90(8)63(44-52-26-16-12-17-27-52)74(103)87(5)48-65(96)85-59(36-34-53-33-35-57(58(80)43-53)79(81,82)83)73(102)95-47-56(54-28-18-13-19-29-54)45-62(95)71(100)84-38-23-22-32-66(97)92(10)70(55-30-20-14-21-31-55)78(107)91(9)64(76(105)93-39-24-15-25-40-93)46-67(98)89(7)61(42-50(2)3)72(101)86-69/h13,18-19,28-29,33,35,43,50-52,55-56,59-64,69-70H,11-12,14-17,20-27,30-32,34,36-42,44-49H2,1-10H3,(H,84,100)(H,85,96)(H,86,101)/t51-,56-,59-,60-,61-,62-,63-,64-,69-,70-/m0/s1. The third kappa shape index (κ3) is 22.0. The van der Waals surface area contributed by atoms with Gasteiger partial charge in [0, 0.05) is 87.3 Å². The quantitative estimate of drug-likeness (QED) is 0.184. The third-order valence-corrected chi connectivity index (χ3v) is 23.7. The van der Waals surface area contributed by atoms with Crippen LogP contribution in [0.5, 0.6) is 0 Å². The molecule has 12 amide bonds. The van der Waals surface area contributed by atoms with Crippen molar-refractivity contribution in [1.82, 2.24) is 60.0 Å². The van der Waals surface area contributed by atoms with E-state index in [0.717, 1.165) is 75.5 Å². The lowest BCUT2D eigenvalue weighted by Gasteiger charge is -2.44. The Bertz CT molecular complexity index is 3460. The Morgan fingerprint density at radius 2 is 1.25 bits per heavy atom. The molecule has 6 aliphatic rings. The zero-order chi connectivity index (χ0) is 78.1. The molecule has 10 atom stereocenters. The van der Waals surface area contributed by atoms with E-state index in [1.807, 2.05) is 51.1 Å². The van der Waals surface area contributed by atoms with Crippen LogP contribution >= 0.6 is 11.6 Å². The summed E-state index contributed by atoms with van der Waals surface area (Å²) in [6, 6.07) is 3.16. The Balaban J connectivity index is 1.13. The van der Waals surface area contributed by atoms with Gasteiger partial charge in [0.15, 0.2) is 0 Å². The molecule has 0 spiro atoms. The van der Waals surface area contributed by atoms with Gasteiger partial charge in [0.05, 0.1) is 30.1 Å². The van der Waals surface area contributed by atoms with E-state index in [1.165, 1.54) is 80.5 Å². The molecule has 2 aromatic rings. The molecule has 592 valence electrons. The minimum atomic E-state index is -4.75. The molecule has 0 aromatic heterocycles. The number of piperidine rings is 1. The van der Waals surface area contributed by atoms with E-state index >= 15 is 19.2 Å². The molecule has 2 saturated carbocycles. The molecule has 0 bridgehead atoms. The lowest BCUT2D eigenvalue weighted by atomic mass is 9.82. The summed E-state index contributed by atoms with van der Waals surface area (Å²) in [7, 11) is 8.85. The van der Waals surface area contributed by atoms with Gasteiger partial charge >= 0.3 is 6.18 Å². The minimum Gasteiger partial charge on any atom is -0.354 e. The van der Waals surface area contributed by atoms with Gasteiger partial charge in [-0.05, 0) is 130 Å². The molecule has 4 heterocycles. The fraction of sp³-hybridized carbons (Fsp3) is 0.696. The number of hydrogen-bond acceptors (Lipinski definition) is 12. The molecule has 0 unspecified atom stereocenters. The number of carbonyl (C=O) groups excluding carboxylic acids is 12. The number of hydrogen-bond donors (Lipinski definition) is 3. The van der Waals surface area contributed by atoms with Crippen molar-refractivity contribution in [1.29, 1.82) is 0 Å². The number of aryl methyl sites for hydroxylation is 1. The van der Waals surface area contributed by atoms with Gasteiger partial charge in [-0.15, -0.1) is 0 Å². The van der Waals surface area contributed by atoms with Gasteiger partial charge in [-0.1, -0.05) is 133 Å². The normalized spacial score (nSPS) is 26.9. The van der Waals surface area contributed by atoms with Gasteiger partial charge in [-0.3, -0.25) is 57.5 Å². The highest BCUT2D eigenvalue weighted by molar-refractivity contribution is 6.31. The van der Waals surface area contributed by atoms with Crippen molar-refractivity contribution in [2.75, 3.05) is 88.1 Å². The first-order chi connectivity index (χ1) is 50.8. The molecule has 2 aromatic carbocycles. The summed E-state index contributed by atoms with van der Waals surface area (Å²) in [6.45, 7) is 7.38. The van der Waals surface area contributed by atoms with Gasteiger partial charge in [0.1, 0.15) is 48.3 Å². The molecule has 8 rings (SSSR count). The second kappa shape index (κ2) is 39.0. The van der Waals surface area contributed by atoms with Crippen LogP contribution in [0.25, 0.3) is 0 Å².